The molecule has 232 valence electrons. The number of hydrogen-bond donors (Lipinski definition) is 2. The highest BCUT2D eigenvalue weighted by Gasteiger charge is 2.32. The number of anilines is 2. The fourth-order valence-corrected chi connectivity index (χ4v) is 6.98. The van der Waals surface area contributed by atoms with Crippen molar-refractivity contribution in [3.8, 4) is 16.9 Å². The highest BCUT2D eigenvalue weighted by Crippen LogP contribution is 2.37. The number of aryl methyl sites for hydroxylation is 1. The van der Waals surface area contributed by atoms with Gasteiger partial charge >= 0.3 is 0 Å². The number of rotatable bonds is 6. The van der Waals surface area contributed by atoms with Crippen LogP contribution in [0.5, 0.6) is 0 Å². The van der Waals surface area contributed by atoms with Gasteiger partial charge in [-0.25, -0.2) is 4.98 Å². The van der Waals surface area contributed by atoms with Crippen LogP contribution in [0.2, 0.25) is 0 Å². The summed E-state index contributed by atoms with van der Waals surface area (Å²) in [6, 6.07) is 7.89. The van der Waals surface area contributed by atoms with Crippen LogP contribution in [0, 0.1) is 5.41 Å². The van der Waals surface area contributed by atoms with Crippen LogP contribution < -0.4 is 16.4 Å². The normalized spacial score (nSPS) is 17.8. The number of aliphatic hydroxyl groups excluding tert-OH is 1. The van der Waals surface area contributed by atoms with E-state index in [9.17, 15) is 14.7 Å². The topological polar surface area (TPSA) is 137 Å². The fraction of sp³-hybridized carbons (Fsp3) is 0.406. The average Bonchev–Trinajstić information content (AvgIpc) is 3.63. The molecular weight excluding hydrogens is 574 g/mol. The Bertz CT molecular complexity index is 2100. The second-order valence-electron chi connectivity index (χ2n) is 13.1. The first kappa shape index (κ1) is 27.9. The van der Waals surface area contributed by atoms with Gasteiger partial charge in [-0.2, -0.15) is 14.9 Å². The maximum atomic E-state index is 13.7. The van der Waals surface area contributed by atoms with Gasteiger partial charge in [-0.05, 0) is 47.6 Å². The van der Waals surface area contributed by atoms with Crippen LogP contribution in [0.25, 0.3) is 22.5 Å². The van der Waals surface area contributed by atoms with Crippen LogP contribution in [0.4, 0.5) is 11.5 Å². The summed E-state index contributed by atoms with van der Waals surface area (Å²) in [5.74, 6) is 0.839. The number of pyridine rings is 2. The Labute approximate surface area is 258 Å². The van der Waals surface area contributed by atoms with Gasteiger partial charge in [-0.15, -0.1) is 0 Å². The summed E-state index contributed by atoms with van der Waals surface area (Å²) < 4.78 is 12.0. The molecule has 0 atom stereocenters. The predicted molar refractivity (Wildman–Crippen MR) is 167 cm³/mol. The van der Waals surface area contributed by atoms with Crippen molar-refractivity contribution >= 4 is 17.0 Å². The number of nitrogens with one attached hydrogen (secondary N) is 1. The van der Waals surface area contributed by atoms with Crippen molar-refractivity contribution in [2.45, 2.75) is 52.4 Å². The van der Waals surface area contributed by atoms with E-state index in [1.54, 1.807) is 37.9 Å². The zero-order valence-electron chi connectivity index (χ0n) is 25.5. The van der Waals surface area contributed by atoms with Gasteiger partial charge in [-0.1, -0.05) is 13.8 Å². The third-order valence-corrected chi connectivity index (χ3v) is 9.35. The summed E-state index contributed by atoms with van der Waals surface area (Å²) in [7, 11) is 1.68. The molecule has 3 aliphatic rings. The molecule has 0 unspecified atom stereocenters. The van der Waals surface area contributed by atoms with E-state index in [1.165, 1.54) is 9.25 Å². The molecule has 2 N–H and O–H groups in total. The SMILES string of the molecule is Cn1cc(-c2ccnc(-n3ncn4c5c(cc4c3=O)CC(C)(C)C5)c2CO)cc(Nc2cc3n(n2)CCN(C2COC2)C3)c1=O. The van der Waals surface area contributed by atoms with E-state index in [0.717, 1.165) is 62.6 Å². The highest BCUT2D eigenvalue weighted by molar-refractivity contribution is 5.73. The lowest BCUT2D eigenvalue weighted by molar-refractivity contribution is -0.0735. The van der Waals surface area contributed by atoms with E-state index in [2.05, 4.69) is 34.1 Å². The number of aliphatic hydroxyl groups is 1. The monoisotopic (exact) mass is 609 g/mol. The summed E-state index contributed by atoms with van der Waals surface area (Å²) in [6.07, 6.45) is 6.73. The maximum absolute atomic E-state index is 13.7. The second-order valence-corrected chi connectivity index (χ2v) is 13.1. The minimum Gasteiger partial charge on any atom is -0.392 e. The molecule has 0 aromatic carbocycles. The van der Waals surface area contributed by atoms with Crippen molar-refractivity contribution in [3.63, 3.8) is 0 Å². The molecule has 1 fully saturated rings. The lowest BCUT2D eigenvalue weighted by Crippen LogP contribution is -2.51. The van der Waals surface area contributed by atoms with Crippen LogP contribution in [0.15, 0.2) is 52.6 Å². The number of fused-ring (bicyclic) bond motifs is 4. The van der Waals surface area contributed by atoms with Gasteiger partial charge in [0.15, 0.2) is 11.6 Å². The lowest BCUT2D eigenvalue weighted by Gasteiger charge is -2.39. The molecular formula is C32H35N9O4. The molecule has 1 saturated heterocycles. The zero-order chi connectivity index (χ0) is 31.0. The van der Waals surface area contributed by atoms with Gasteiger partial charge in [0, 0.05) is 55.4 Å². The summed E-state index contributed by atoms with van der Waals surface area (Å²) >= 11 is 0. The molecule has 13 heteroatoms. The van der Waals surface area contributed by atoms with Gasteiger partial charge in [-0.3, -0.25) is 23.6 Å². The van der Waals surface area contributed by atoms with Crippen LogP contribution in [-0.4, -0.2) is 69.3 Å². The van der Waals surface area contributed by atoms with E-state index in [1.807, 2.05) is 21.2 Å². The molecule has 5 aromatic heterocycles. The van der Waals surface area contributed by atoms with Crippen molar-refractivity contribution in [1.82, 2.24) is 38.4 Å². The number of aromatic nitrogens is 7. The van der Waals surface area contributed by atoms with E-state index < -0.39 is 0 Å². The molecule has 0 amide bonds. The Morgan fingerprint density at radius 3 is 2.73 bits per heavy atom. The molecule has 5 aromatic rings. The van der Waals surface area contributed by atoms with Crippen LogP contribution in [0.1, 0.15) is 36.4 Å². The van der Waals surface area contributed by atoms with Gasteiger partial charge < -0.3 is 19.7 Å². The van der Waals surface area contributed by atoms with Gasteiger partial charge in [0.2, 0.25) is 0 Å². The molecule has 0 bridgehead atoms. The minimum atomic E-state index is -0.384. The van der Waals surface area contributed by atoms with E-state index >= 15 is 0 Å². The van der Waals surface area contributed by atoms with E-state index in [-0.39, 0.29) is 29.0 Å². The molecule has 2 aliphatic heterocycles. The van der Waals surface area contributed by atoms with Crippen molar-refractivity contribution in [3.05, 3.63) is 86.2 Å². The Kier molecular flexibility index (Phi) is 6.34. The van der Waals surface area contributed by atoms with Crippen LogP contribution >= 0.6 is 0 Å². The van der Waals surface area contributed by atoms with Gasteiger partial charge in [0.05, 0.1) is 38.1 Å². The first-order valence-electron chi connectivity index (χ1n) is 15.3. The first-order valence-corrected chi connectivity index (χ1v) is 15.3. The quantitative estimate of drug-likeness (QED) is 0.296. The second kappa shape index (κ2) is 10.2. The summed E-state index contributed by atoms with van der Waals surface area (Å²) in [5, 5.41) is 23.0. The Hall–Kier alpha value is -4.59. The van der Waals surface area contributed by atoms with Gasteiger partial charge in [0.1, 0.15) is 17.5 Å². The maximum Gasteiger partial charge on any atom is 0.297 e. The van der Waals surface area contributed by atoms with E-state index in [4.69, 9.17) is 9.84 Å². The van der Waals surface area contributed by atoms with E-state index in [0.29, 0.717) is 39.8 Å². The molecule has 0 spiro atoms. The largest absolute Gasteiger partial charge is 0.392 e. The minimum absolute atomic E-state index is 0.147. The van der Waals surface area contributed by atoms with Crippen molar-refractivity contribution < 1.29 is 9.84 Å². The van der Waals surface area contributed by atoms with Crippen LogP contribution in [-0.2, 0) is 44.3 Å². The van der Waals surface area contributed by atoms with Crippen molar-refractivity contribution in [2.75, 3.05) is 25.1 Å². The molecule has 0 saturated carbocycles. The molecule has 0 radical (unpaired) electrons. The molecule has 45 heavy (non-hydrogen) atoms. The first-order chi connectivity index (χ1) is 21.7. The Balaban J connectivity index is 1.14. The summed E-state index contributed by atoms with van der Waals surface area (Å²) in [6.45, 7) is 8.05. The highest BCUT2D eigenvalue weighted by atomic mass is 16.5. The Morgan fingerprint density at radius 1 is 1.11 bits per heavy atom. The van der Waals surface area contributed by atoms with Gasteiger partial charge in [0.25, 0.3) is 11.1 Å². The van der Waals surface area contributed by atoms with Crippen molar-refractivity contribution in [2.24, 2.45) is 12.5 Å². The van der Waals surface area contributed by atoms with Crippen LogP contribution in [0.3, 0.4) is 0 Å². The molecule has 8 rings (SSSR count). The third kappa shape index (κ3) is 4.61. The number of hydrogen-bond acceptors (Lipinski definition) is 9. The third-order valence-electron chi connectivity index (χ3n) is 9.35. The molecule has 7 heterocycles. The fourth-order valence-electron chi connectivity index (χ4n) is 6.98. The average molecular weight is 610 g/mol. The summed E-state index contributed by atoms with van der Waals surface area (Å²) in [4.78, 5) is 33.8. The van der Waals surface area contributed by atoms with Crippen molar-refractivity contribution in [1.29, 1.82) is 0 Å². The predicted octanol–water partition coefficient (Wildman–Crippen LogP) is 2.02. The summed E-state index contributed by atoms with van der Waals surface area (Å²) in [5.41, 5.74) is 5.59. The number of ether oxygens (including phenoxy) is 1. The smallest absolute Gasteiger partial charge is 0.297 e. The lowest BCUT2D eigenvalue weighted by atomic mass is 9.90. The molecule has 1 aliphatic carbocycles. The standard InChI is InChI=1S/C32H35N9O4/c1-32(2)11-19-9-26-31(44)41(34-18-39(26)27(19)12-32)29-24(15-42)23(4-5-33-29)20-8-25(30(43)37(3)13-20)35-28-10-21-14-38(22-16-45-17-22)6-7-40(21)36-28/h4-5,8-10,13,18,22,42H,6-7,11-12,14-17H2,1-3H3,(H,35,36). The molecule has 13 nitrogen and oxygen atoms in total. The zero-order valence-corrected chi connectivity index (χ0v) is 25.5. The Morgan fingerprint density at radius 2 is 1.96 bits per heavy atom. The number of nitrogens with zero attached hydrogens (tertiary/aromatic N) is 8.